The predicted octanol–water partition coefficient (Wildman–Crippen LogP) is 1.88. The van der Waals surface area contributed by atoms with Crippen molar-refractivity contribution in [1.29, 1.82) is 0 Å². The number of ether oxygens (including phenoxy) is 3. The first-order valence-electron chi connectivity index (χ1n) is 14.0. The van der Waals surface area contributed by atoms with E-state index >= 15 is 0 Å². The highest BCUT2D eigenvalue weighted by atomic mass is 16.7. The molecule has 0 aromatic heterocycles. The van der Waals surface area contributed by atoms with Crippen LogP contribution in [-0.2, 0) is 28.6 Å². The van der Waals surface area contributed by atoms with Crippen LogP contribution in [0, 0.1) is 5.41 Å². The highest BCUT2D eigenvalue weighted by molar-refractivity contribution is 6.38. The summed E-state index contributed by atoms with van der Waals surface area (Å²) in [6, 6.07) is -1.29. The minimum atomic E-state index is -1.11. The molecule has 0 aromatic rings. The average Bonchev–Trinajstić information content (AvgIpc) is 2.92. The van der Waals surface area contributed by atoms with Gasteiger partial charge >= 0.3 is 6.03 Å². The molecule has 216 valence electrons. The molecule has 2 saturated heterocycles. The Labute approximate surface area is 226 Å². The minimum absolute atomic E-state index is 0.0155. The molecular weight excluding hydrogens is 492 g/mol. The second kappa shape index (κ2) is 13.2. The van der Waals surface area contributed by atoms with Crippen molar-refractivity contribution in [3.05, 3.63) is 0 Å². The second-order valence-corrected chi connectivity index (χ2v) is 11.8. The molecule has 2 heterocycles. The lowest BCUT2D eigenvalue weighted by atomic mass is 9.80. The number of carbonyl (C=O) groups excluding carboxylic acids is 4. The summed E-state index contributed by atoms with van der Waals surface area (Å²) in [5.41, 5.74) is -1.24. The summed E-state index contributed by atoms with van der Waals surface area (Å²) in [5.74, 6) is -2.94. The Morgan fingerprint density at radius 3 is 2.18 bits per heavy atom. The number of morpholine rings is 1. The molecule has 0 unspecified atom stereocenters. The number of hydrogen-bond donors (Lipinski definition) is 3. The largest absolute Gasteiger partial charge is 0.378 e. The molecule has 1 atom stereocenters. The fourth-order valence-corrected chi connectivity index (χ4v) is 4.96. The van der Waals surface area contributed by atoms with Gasteiger partial charge in [0.25, 0.3) is 5.91 Å². The molecule has 3 N–H and O–H groups in total. The van der Waals surface area contributed by atoms with Crippen molar-refractivity contribution in [3.8, 4) is 0 Å². The summed E-state index contributed by atoms with van der Waals surface area (Å²) in [7, 11) is 0. The van der Waals surface area contributed by atoms with Gasteiger partial charge in [-0.2, -0.15) is 0 Å². The fourth-order valence-electron chi connectivity index (χ4n) is 4.96. The van der Waals surface area contributed by atoms with Gasteiger partial charge in [-0.25, -0.2) is 4.79 Å². The molecule has 0 aromatic carbocycles. The van der Waals surface area contributed by atoms with Crippen molar-refractivity contribution in [2.75, 3.05) is 46.1 Å². The van der Waals surface area contributed by atoms with Gasteiger partial charge in [0.15, 0.2) is 5.79 Å². The zero-order chi connectivity index (χ0) is 27.8. The van der Waals surface area contributed by atoms with E-state index in [1.54, 1.807) is 11.8 Å². The molecule has 11 heteroatoms. The first kappa shape index (κ1) is 30.3. The molecule has 0 bridgehead atoms. The van der Waals surface area contributed by atoms with E-state index in [0.717, 1.165) is 25.7 Å². The molecule has 38 heavy (non-hydrogen) atoms. The zero-order valence-corrected chi connectivity index (χ0v) is 23.5. The van der Waals surface area contributed by atoms with Crippen LogP contribution in [0.25, 0.3) is 0 Å². The lowest BCUT2D eigenvalue weighted by molar-refractivity contribution is -0.285. The van der Waals surface area contributed by atoms with Crippen LogP contribution in [-0.4, -0.2) is 92.0 Å². The molecule has 1 aliphatic carbocycles. The van der Waals surface area contributed by atoms with Gasteiger partial charge in [0, 0.05) is 18.5 Å². The standard InChI is InChI=1S/C27H46N4O7/c1-5-6-10-20(21(32)22(33)28-17-26(4)37-18-25(2,3)19-38-26)29-23(34)27(11-8-7-9-12-27)30-24(35)31-13-15-36-16-14-31/h20H,5-19H2,1-4H3,(H,28,33)(H,29,34)(H,30,35)/t20-/m0/s1. The van der Waals surface area contributed by atoms with Gasteiger partial charge in [-0.1, -0.05) is 52.9 Å². The third-order valence-electron chi connectivity index (χ3n) is 7.58. The molecule has 2 aliphatic heterocycles. The van der Waals surface area contributed by atoms with Crippen molar-refractivity contribution in [3.63, 3.8) is 0 Å². The van der Waals surface area contributed by atoms with E-state index < -0.39 is 35.0 Å². The Kier molecular flexibility index (Phi) is 10.5. The number of rotatable bonds is 10. The molecule has 3 fully saturated rings. The van der Waals surface area contributed by atoms with Gasteiger partial charge in [0.2, 0.25) is 11.7 Å². The maximum atomic E-state index is 13.7. The van der Waals surface area contributed by atoms with Gasteiger partial charge in [-0.3, -0.25) is 14.4 Å². The van der Waals surface area contributed by atoms with E-state index in [0.29, 0.717) is 65.2 Å². The maximum absolute atomic E-state index is 13.7. The summed E-state index contributed by atoms with van der Waals surface area (Å²) in [4.78, 5) is 54.4. The van der Waals surface area contributed by atoms with Gasteiger partial charge in [0.05, 0.1) is 39.0 Å². The van der Waals surface area contributed by atoms with Crippen molar-refractivity contribution in [1.82, 2.24) is 20.9 Å². The Morgan fingerprint density at radius 2 is 1.58 bits per heavy atom. The summed E-state index contributed by atoms with van der Waals surface area (Å²) in [6.45, 7) is 10.6. The molecule has 4 amide bonds. The summed E-state index contributed by atoms with van der Waals surface area (Å²) < 4.78 is 17.0. The Bertz CT molecular complexity index is 840. The summed E-state index contributed by atoms with van der Waals surface area (Å²) in [6.07, 6.45) is 5.33. The molecule has 1 saturated carbocycles. The number of amides is 4. The number of ketones is 1. The van der Waals surface area contributed by atoms with E-state index in [1.807, 2.05) is 20.8 Å². The van der Waals surface area contributed by atoms with Crippen molar-refractivity contribution >= 4 is 23.6 Å². The minimum Gasteiger partial charge on any atom is -0.378 e. The van der Waals surface area contributed by atoms with Crippen LogP contribution in [0.1, 0.15) is 79.1 Å². The summed E-state index contributed by atoms with van der Waals surface area (Å²) in [5, 5.41) is 8.46. The molecule has 3 aliphatic rings. The number of nitrogens with zero attached hydrogens (tertiary/aromatic N) is 1. The number of urea groups is 1. The highest BCUT2D eigenvalue weighted by Gasteiger charge is 2.44. The van der Waals surface area contributed by atoms with Crippen LogP contribution >= 0.6 is 0 Å². The number of nitrogens with one attached hydrogen (secondary N) is 3. The van der Waals surface area contributed by atoms with Gasteiger partial charge in [-0.15, -0.1) is 0 Å². The topological polar surface area (TPSA) is 135 Å². The quantitative estimate of drug-likeness (QED) is 0.362. The van der Waals surface area contributed by atoms with Crippen molar-refractivity contribution in [2.45, 2.75) is 96.4 Å². The average molecular weight is 539 g/mol. The van der Waals surface area contributed by atoms with Gasteiger partial charge in [-0.05, 0) is 26.2 Å². The normalized spacial score (nSPS) is 23.1. The van der Waals surface area contributed by atoms with E-state index in [4.69, 9.17) is 14.2 Å². The smallest absolute Gasteiger partial charge is 0.318 e. The van der Waals surface area contributed by atoms with Crippen LogP contribution < -0.4 is 16.0 Å². The number of unbranched alkanes of at least 4 members (excludes halogenated alkanes) is 1. The van der Waals surface area contributed by atoms with E-state index in [1.165, 1.54) is 0 Å². The van der Waals surface area contributed by atoms with Crippen LogP contribution in [0.2, 0.25) is 0 Å². The summed E-state index contributed by atoms with van der Waals surface area (Å²) >= 11 is 0. The monoisotopic (exact) mass is 538 g/mol. The van der Waals surface area contributed by atoms with Crippen LogP contribution in [0.4, 0.5) is 4.79 Å². The van der Waals surface area contributed by atoms with Crippen LogP contribution in [0.5, 0.6) is 0 Å². The van der Waals surface area contributed by atoms with Crippen molar-refractivity contribution < 1.29 is 33.4 Å². The second-order valence-electron chi connectivity index (χ2n) is 11.8. The highest BCUT2D eigenvalue weighted by Crippen LogP contribution is 2.30. The van der Waals surface area contributed by atoms with Gasteiger partial charge < -0.3 is 35.1 Å². The van der Waals surface area contributed by atoms with E-state index in [9.17, 15) is 19.2 Å². The third-order valence-corrected chi connectivity index (χ3v) is 7.58. The first-order chi connectivity index (χ1) is 18.0. The Hall–Kier alpha value is -2.24. The number of Topliss-reactive ketones (excluding diaryl/α,β-unsaturated/α-hetero) is 1. The maximum Gasteiger partial charge on any atom is 0.318 e. The third kappa shape index (κ3) is 8.13. The van der Waals surface area contributed by atoms with Crippen molar-refractivity contribution in [2.24, 2.45) is 5.41 Å². The molecule has 0 spiro atoms. The number of carbonyl (C=O) groups is 4. The lowest BCUT2D eigenvalue weighted by Crippen LogP contribution is -2.64. The Balaban J connectivity index is 1.65. The first-order valence-corrected chi connectivity index (χ1v) is 14.0. The Morgan fingerprint density at radius 1 is 0.947 bits per heavy atom. The van der Waals surface area contributed by atoms with Crippen LogP contribution in [0.3, 0.4) is 0 Å². The fraction of sp³-hybridized carbons (Fsp3) is 0.852. The van der Waals surface area contributed by atoms with E-state index in [2.05, 4.69) is 16.0 Å². The lowest BCUT2D eigenvalue weighted by Gasteiger charge is -2.41. The van der Waals surface area contributed by atoms with Gasteiger partial charge in [0.1, 0.15) is 5.54 Å². The molecule has 11 nitrogen and oxygen atoms in total. The molecule has 0 radical (unpaired) electrons. The zero-order valence-electron chi connectivity index (χ0n) is 23.5. The molecule has 3 rings (SSSR count). The molecular formula is C27H46N4O7. The predicted molar refractivity (Wildman–Crippen MR) is 140 cm³/mol. The number of hydrogen-bond acceptors (Lipinski definition) is 7. The SMILES string of the molecule is CCCC[C@H](NC(=O)C1(NC(=O)N2CCOCC2)CCCCC1)C(=O)C(=O)NCC1(C)OCC(C)(C)CO1. The van der Waals surface area contributed by atoms with E-state index in [-0.39, 0.29) is 18.0 Å². The van der Waals surface area contributed by atoms with Crippen LogP contribution in [0.15, 0.2) is 0 Å².